The van der Waals surface area contributed by atoms with E-state index in [1.807, 2.05) is 24.3 Å². The van der Waals surface area contributed by atoms with Crippen LogP contribution in [0, 0.1) is 5.21 Å². The summed E-state index contributed by atoms with van der Waals surface area (Å²) in [6, 6.07) is 7.64. The molecule has 5 heteroatoms. The number of aromatic nitrogens is 4. The van der Waals surface area contributed by atoms with Crippen LogP contribution in [0.2, 0.25) is 0 Å². The van der Waals surface area contributed by atoms with Crippen LogP contribution in [0.4, 0.5) is 0 Å². The molecular weight excluding hydrogens is 180 g/mol. The van der Waals surface area contributed by atoms with Gasteiger partial charge >= 0.3 is 0 Å². The van der Waals surface area contributed by atoms with Gasteiger partial charge in [0.15, 0.2) is 10.7 Å². The van der Waals surface area contributed by atoms with Crippen molar-refractivity contribution in [3.05, 3.63) is 41.9 Å². The van der Waals surface area contributed by atoms with Crippen molar-refractivity contribution in [1.82, 2.24) is 14.9 Å². The van der Waals surface area contributed by atoms with Crippen LogP contribution in [0.25, 0.3) is 16.3 Å². The summed E-state index contributed by atoms with van der Waals surface area (Å²) in [4.78, 5) is 0.671. The van der Waals surface area contributed by atoms with Crippen molar-refractivity contribution < 1.29 is 4.85 Å². The molecule has 0 aliphatic carbocycles. The molecule has 0 spiro atoms. The van der Waals surface area contributed by atoms with E-state index in [0.29, 0.717) is 4.85 Å². The summed E-state index contributed by atoms with van der Waals surface area (Å²) < 4.78 is 1.22. The van der Waals surface area contributed by atoms with Crippen molar-refractivity contribution in [3.8, 4) is 0 Å². The molecule has 0 saturated heterocycles. The van der Waals surface area contributed by atoms with E-state index >= 15 is 0 Å². The lowest BCUT2D eigenvalue weighted by molar-refractivity contribution is -0.685. The predicted molar refractivity (Wildman–Crippen MR) is 49.5 cm³/mol. The Bertz CT molecular complexity index is 616. The fourth-order valence-electron chi connectivity index (χ4n) is 1.57. The van der Waals surface area contributed by atoms with Crippen molar-refractivity contribution in [2.24, 2.45) is 0 Å². The molecule has 3 aromatic rings. The molecule has 0 radical (unpaired) electrons. The molecule has 0 fully saturated rings. The van der Waals surface area contributed by atoms with Crippen LogP contribution in [0.5, 0.6) is 0 Å². The van der Waals surface area contributed by atoms with Crippen molar-refractivity contribution >= 4 is 16.3 Å². The maximum absolute atomic E-state index is 11.4. The van der Waals surface area contributed by atoms with Crippen LogP contribution >= 0.6 is 0 Å². The Labute approximate surface area is 78.8 Å². The first-order chi connectivity index (χ1) is 6.86. The van der Waals surface area contributed by atoms with Crippen molar-refractivity contribution in [1.29, 1.82) is 0 Å². The minimum Gasteiger partial charge on any atom is -0.692 e. The molecule has 0 bridgehead atoms. The SMILES string of the molecule is [O-][n+]1cc2ccccc2c2cnnn21. The molecule has 0 unspecified atom stereocenters. The van der Waals surface area contributed by atoms with Gasteiger partial charge in [0.1, 0.15) is 12.4 Å². The molecular formula is C9H6N4O. The second kappa shape index (κ2) is 2.41. The summed E-state index contributed by atoms with van der Waals surface area (Å²) in [6.07, 6.45) is 3.06. The van der Waals surface area contributed by atoms with E-state index in [1.165, 1.54) is 10.8 Å². The lowest BCUT2D eigenvalue weighted by Crippen LogP contribution is -2.36. The van der Waals surface area contributed by atoms with Gasteiger partial charge in [-0.05, 0) is 5.10 Å². The molecule has 2 aromatic heterocycles. The van der Waals surface area contributed by atoms with Gasteiger partial charge in [-0.15, -0.1) is 0 Å². The van der Waals surface area contributed by atoms with Crippen LogP contribution in [0.1, 0.15) is 0 Å². The summed E-state index contributed by atoms with van der Waals surface area (Å²) in [7, 11) is 0. The van der Waals surface area contributed by atoms with E-state index in [-0.39, 0.29) is 0 Å². The highest BCUT2D eigenvalue weighted by Gasteiger charge is 2.08. The van der Waals surface area contributed by atoms with Gasteiger partial charge in [0, 0.05) is 15.4 Å². The van der Waals surface area contributed by atoms with Crippen molar-refractivity contribution in [3.63, 3.8) is 0 Å². The Hall–Kier alpha value is -2.17. The third-order valence-corrected chi connectivity index (χ3v) is 2.20. The summed E-state index contributed by atoms with van der Waals surface area (Å²) in [6.45, 7) is 0. The topological polar surface area (TPSA) is 57.1 Å². The van der Waals surface area contributed by atoms with Gasteiger partial charge in [-0.2, -0.15) is 4.85 Å². The minimum absolute atomic E-state index is 0.671. The van der Waals surface area contributed by atoms with Crippen LogP contribution < -0.4 is 4.85 Å². The molecule has 0 N–H and O–H groups in total. The van der Waals surface area contributed by atoms with Crippen LogP contribution in [0.3, 0.4) is 0 Å². The number of hydrogen-bond acceptors (Lipinski definition) is 3. The van der Waals surface area contributed by atoms with Crippen LogP contribution in [0.15, 0.2) is 36.7 Å². The van der Waals surface area contributed by atoms with E-state index < -0.39 is 0 Å². The summed E-state index contributed by atoms with van der Waals surface area (Å²) in [5, 5.41) is 20.7. The van der Waals surface area contributed by atoms with Gasteiger partial charge in [-0.3, -0.25) is 0 Å². The first kappa shape index (κ1) is 7.25. The van der Waals surface area contributed by atoms with Crippen molar-refractivity contribution in [2.75, 3.05) is 0 Å². The Kier molecular flexibility index (Phi) is 1.25. The highest BCUT2D eigenvalue weighted by molar-refractivity contribution is 5.93. The number of hydrogen-bond donors (Lipinski definition) is 0. The van der Waals surface area contributed by atoms with E-state index in [0.717, 1.165) is 16.3 Å². The second-order valence-electron chi connectivity index (χ2n) is 3.03. The zero-order valence-corrected chi connectivity index (χ0v) is 7.16. The maximum atomic E-state index is 11.4. The standard InChI is InChI=1S/C9H6N4O/c14-12-6-7-3-1-2-4-8(7)9-5-10-11-13(9)12/h1-6H. The van der Waals surface area contributed by atoms with E-state index in [2.05, 4.69) is 10.3 Å². The molecule has 5 nitrogen and oxygen atoms in total. The number of fused-ring (bicyclic) bond motifs is 3. The molecule has 0 saturated carbocycles. The average molecular weight is 186 g/mol. The average Bonchev–Trinajstić information content (AvgIpc) is 2.67. The van der Waals surface area contributed by atoms with Gasteiger partial charge in [-0.25, -0.2) is 0 Å². The fourth-order valence-corrected chi connectivity index (χ4v) is 1.57. The van der Waals surface area contributed by atoms with Gasteiger partial charge < -0.3 is 5.21 Å². The zero-order chi connectivity index (χ0) is 9.54. The second-order valence-corrected chi connectivity index (χ2v) is 3.03. The predicted octanol–water partition coefficient (Wildman–Crippen LogP) is 0.516. The minimum atomic E-state index is 0.671. The molecule has 3 rings (SSSR count). The van der Waals surface area contributed by atoms with Crippen LogP contribution in [-0.2, 0) is 0 Å². The van der Waals surface area contributed by atoms with E-state index in [9.17, 15) is 5.21 Å². The Balaban J connectivity index is 2.66. The first-order valence-corrected chi connectivity index (χ1v) is 4.18. The number of nitrogens with zero attached hydrogens (tertiary/aromatic N) is 4. The van der Waals surface area contributed by atoms with Gasteiger partial charge in [0.25, 0.3) is 0 Å². The zero-order valence-electron chi connectivity index (χ0n) is 7.16. The van der Waals surface area contributed by atoms with Crippen LogP contribution in [-0.4, -0.2) is 14.9 Å². The van der Waals surface area contributed by atoms with Gasteiger partial charge in [0.05, 0.1) is 0 Å². The third kappa shape index (κ3) is 0.806. The molecule has 14 heavy (non-hydrogen) atoms. The third-order valence-electron chi connectivity index (χ3n) is 2.20. The van der Waals surface area contributed by atoms with Gasteiger partial charge in [0.2, 0.25) is 0 Å². The summed E-state index contributed by atoms with van der Waals surface area (Å²) in [5.74, 6) is 0. The maximum Gasteiger partial charge on any atom is 0.179 e. The van der Waals surface area contributed by atoms with Crippen molar-refractivity contribution in [2.45, 2.75) is 0 Å². The van der Waals surface area contributed by atoms with E-state index in [4.69, 9.17) is 0 Å². The smallest absolute Gasteiger partial charge is 0.179 e. The molecule has 68 valence electrons. The summed E-state index contributed by atoms with van der Waals surface area (Å²) >= 11 is 0. The monoisotopic (exact) mass is 186 g/mol. The lowest BCUT2D eigenvalue weighted by atomic mass is 10.2. The Morgan fingerprint density at radius 3 is 3.07 bits per heavy atom. The highest BCUT2D eigenvalue weighted by Crippen LogP contribution is 2.15. The summed E-state index contributed by atoms with van der Waals surface area (Å²) in [5.41, 5.74) is 0.720. The molecule has 0 atom stereocenters. The van der Waals surface area contributed by atoms with Gasteiger partial charge in [-0.1, -0.05) is 24.3 Å². The normalized spacial score (nSPS) is 11.1. The number of benzene rings is 1. The quantitative estimate of drug-likeness (QED) is 0.380. The fraction of sp³-hybridized carbons (Fsp3) is 0. The molecule has 0 aliphatic heterocycles. The molecule has 0 aliphatic rings. The Morgan fingerprint density at radius 1 is 1.29 bits per heavy atom. The lowest BCUT2D eigenvalue weighted by Gasteiger charge is -2.03. The largest absolute Gasteiger partial charge is 0.692 e. The molecule has 2 heterocycles. The Morgan fingerprint density at radius 2 is 2.14 bits per heavy atom. The molecule has 0 amide bonds. The molecule has 1 aromatic carbocycles. The number of rotatable bonds is 0. The van der Waals surface area contributed by atoms with E-state index in [1.54, 1.807) is 6.20 Å². The highest BCUT2D eigenvalue weighted by atomic mass is 16.5. The first-order valence-electron chi connectivity index (χ1n) is 4.18.